The third-order valence-electron chi connectivity index (χ3n) is 5.07. The molecule has 0 aliphatic heterocycles. The Labute approximate surface area is 108 Å². The summed E-state index contributed by atoms with van der Waals surface area (Å²) in [5.41, 5.74) is 0.908. The number of aliphatic hydroxyl groups excluding tert-OH is 1. The molecule has 18 heavy (non-hydrogen) atoms. The molecular weight excluding hydrogens is 224 g/mol. The third-order valence-corrected chi connectivity index (χ3v) is 5.07. The zero-order chi connectivity index (χ0) is 12.8. The minimum absolute atomic E-state index is 0.0323. The van der Waals surface area contributed by atoms with E-state index in [9.17, 15) is 9.90 Å². The molecule has 2 aliphatic carbocycles. The number of fused-ring (bicyclic) bond motifs is 1. The molecule has 2 saturated carbocycles. The number of ketones is 1. The standard InChI is InChI=1S/C16H20O2/c1-16-10-6-5-9-12(16)15(18)13(16)14(17)11-7-3-2-4-8-11/h2-4,7-8,12-14,17H,5-6,9-10H2,1H3. The lowest BCUT2D eigenvalue weighted by Gasteiger charge is -2.56. The summed E-state index contributed by atoms with van der Waals surface area (Å²) in [5.74, 6) is 0.299. The fraction of sp³-hybridized carbons (Fsp3) is 0.562. The second kappa shape index (κ2) is 4.20. The zero-order valence-corrected chi connectivity index (χ0v) is 10.8. The van der Waals surface area contributed by atoms with E-state index in [1.165, 1.54) is 12.8 Å². The van der Waals surface area contributed by atoms with Crippen LogP contribution in [0.15, 0.2) is 30.3 Å². The number of carbonyl (C=O) groups excluding carboxylic acids is 1. The van der Waals surface area contributed by atoms with Crippen LogP contribution >= 0.6 is 0 Å². The molecule has 0 heterocycles. The summed E-state index contributed by atoms with van der Waals surface area (Å²) in [7, 11) is 0. The average Bonchev–Trinajstić information content (AvgIpc) is 2.39. The highest BCUT2D eigenvalue weighted by molar-refractivity contribution is 5.92. The molecule has 2 nitrogen and oxygen atoms in total. The first-order valence-electron chi connectivity index (χ1n) is 6.91. The minimum Gasteiger partial charge on any atom is -0.388 e. The van der Waals surface area contributed by atoms with Crippen LogP contribution in [0.25, 0.3) is 0 Å². The maximum absolute atomic E-state index is 12.3. The van der Waals surface area contributed by atoms with Gasteiger partial charge >= 0.3 is 0 Å². The molecule has 0 spiro atoms. The van der Waals surface area contributed by atoms with Gasteiger partial charge in [0.1, 0.15) is 5.78 Å². The summed E-state index contributed by atoms with van der Waals surface area (Å²) in [4.78, 5) is 12.3. The molecule has 1 aromatic rings. The first-order chi connectivity index (χ1) is 8.64. The monoisotopic (exact) mass is 244 g/mol. The Bertz CT molecular complexity index is 453. The molecule has 1 N–H and O–H groups in total. The van der Waals surface area contributed by atoms with Gasteiger partial charge in [-0.15, -0.1) is 0 Å². The lowest BCUT2D eigenvalue weighted by Crippen LogP contribution is -2.59. The summed E-state index contributed by atoms with van der Waals surface area (Å²) in [5, 5.41) is 10.5. The van der Waals surface area contributed by atoms with E-state index in [0.717, 1.165) is 18.4 Å². The minimum atomic E-state index is -0.627. The van der Waals surface area contributed by atoms with Crippen molar-refractivity contribution in [2.45, 2.75) is 38.7 Å². The van der Waals surface area contributed by atoms with Gasteiger partial charge in [-0.05, 0) is 23.8 Å². The van der Waals surface area contributed by atoms with Gasteiger partial charge in [-0.1, -0.05) is 50.1 Å². The molecule has 2 heteroatoms. The van der Waals surface area contributed by atoms with Gasteiger partial charge in [-0.25, -0.2) is 0 Å². The van der Waals surface area contributed by atoms with E-state index in [4.69, 9.17) is 0 Å². The van der Waals surface area contributed by atoms with Crippen LogP contribution in [-0.2, 0) is 4.79 Å². The molecular formula is C16H20O2. The summed E-state index contributed by atoms with van der Waals surface area (Å²) in [6.45, 7) is 2.19. The van der Waals surface area contributed by atoms with Gasteiger partial charge in [0.15, 0.2) is 0 Å². The fourth-order valence-electron chi connectivity index (χ4n) is 4.00. The van der Waals surface area contributed by atoms with Crippen molar-refractivity contribution in [3.63, 3.8) is 0 Å². The highest BCUT2D eigenvalue weighted by Crippen LogP contribution is 2.60. The summed E-state index contributed by atoms with van der Waals surface area (Å²) in [6.07, 6.45) is 3.84. The Morgan fingerprint density at radius 1 is 1.28 bits per heavy atom. The quantitative estimate of drug-likeness (QED) is 0.868. The molecule has 1 aromatic carbocycles. The maximum atomic E-state index is 12.3. The highest BCUT2D eigenvalue weighted by Gasteiger charge is 2.61. The topological polar surface area (TPSA) is 37.3 Å². The Morgan fingerprint density at radius 2 is 2.00 bits per heavy atom. The predicted octanol–water partition coefficient (Wildman–Crippen LogP) is 3.12. The van der Waals surface area contributed by atoms with E-state index in [0.29, 0.717) is 0 Å². The second-order valence-corrected chi connectivity index (χ2v) is 6.04. The zero-order valence-electron chi connectivity index (χ0n) is 10.8. The second-order valence-electron chi connectivity index (χ2n) is 6.04. The van der Waals surface area contributed by atoms with Crippen LogP contribution in [0.1, 0.15) is 44.3 Å². The smallest absolute Gasteiger partial charge is 0.143 e. The molecule has 2 fully saturated rings. The molecule has 2 aliphatic rings. The van der Waals surface area contributed by atoms with Crippen LogP contribution in [0.4, 0.5) is 0 Å². The van der Waals surface area contributed by atoms with Gasteiger partial charge in [-0.3, -0.25) is 4.79 Å². The lowest BCUT2D eigenvalue weighted by atomic mass is 9.46. The number of rotatable bonds is 2. The van der Waals surface area contributed by atoms with Crippen LogP contribution in [0.3, 0.4) is 0 Å². The molecule has 0 radical (unpaired) electrons. The highest BCUT2D eigenvalue weighted by atomic mass is 16.3. The average molecular weight is 244 g/mol. The van der Waals surface area contributed by atoms with Gasteiger partial charge in [0.05, 0.1) is 12.0 Å². The van der Waals surface area contributed by atoms with Crippen LogP contribution in [0, 0.1) is 17.3 Å². The summed E-state index contributed by atoms with van der Waals surface area (Å²) >= 11 is 0. The van der Waals surface area contributed by atoms with Crippen LogP contribution < -0.4 is 0 Å². The predicted molar refractivity (Wildman–Crippen MR) is 70.0 cm³/mol. The van der Waals surface area contributed by atoms with Gasteiger partial charge in [0.25, 0.3) is 0 Å². The van der Waals surface area contributed by atoms with Crippen molar-refractivity contribution in [3.05, 3.63) is 35.9 Å². The molecule has 0 bridgehead atoms. The Hall–Kier alpha value is -1.15. The van der Waals surface area contributed by atoms with Crippen LogP contribution in [0.2, 0.25) is 0 Å². The summed E-state index contributed by atoms with van der Waals surface area (Å²) in [6, 6.07) is 9.60. The van der Waals surface area contributed by atoms with E-state index >= 15 is 0 Å². The van der Waals surface area contributed by atoms with Crippen molar-refractivity contribution in [1.29, 1.82) is 0 Å². The van der Waals surface area contributed by atoms with Crippen molar-refractivity contribution >= 4 is 5.78 Å². The van der Waals surface area contributed by atoms with Gasteiger partial charge in [0, 0.05) is 5.92 Å². The van der Waals surface area contributed by atoms with E-state index in [1.54, 1.807) is 0 Å². The third kappa shape index (κ3) is 1.55. The fourth-order valence-corrected chi connectivity index (χ4v) is 4.00. The van der Waals surface area contributed by atoms with E-state index in [2.05, 4.69) is 6.92 Å². The normalized spacial score (nSPS) is 36.7. The lowest BCUT2D eigenvalue weighted by molar-refractivity contribution is -0.172. The molecule has 3 rings (SSSR count). The molecule has 4 unspecified atom stereocenters. The van der Waals surface area contributed by atoms with Crippen LogP contribution in [0.5, 0.6) is 0 Å². The SMILES string of the molecule is CC12CCCCC1C(=O)C2C(O)c1ccccc1. The number of aliphatic hydroxyl groups is 1. The molecule has 0 saturated heterocycles. The Balaban J connectivity index is 1.87. The van der Waals surface area contributed by atoms with E-state index in [-0.39, 0.29) is 23.0 Å². The summed E-state index contributed by atoms with van der Waals surface area (Å²) < 4.78 is 0. The largest absolute Gasteiger partial charge is 0.388 e. The van der Waals surface area contributed by atoms with E-state index < -0.39 is 6.10 Å². The van der Waals surface area contributed by atoms with Crippen molar-refractivity contribution in [3.8, 4) is 0 Å². The first kappa shape index (κ1) is 11.9. The molecule has 0 aromatic heterocycles. The van der Waals surface area contributed by atoms with Gasteiger partial charge in [-0.2, -0.15) is 0 Å². The maximum Gasteiger partial charge on any atom is 0.143 e. The number of hydrogen-bond acceptors (Lipinski definition) is 2. The number of benzene rings is 1. The van der Waals surface area contributed by atoms with Crippen LogP contribution in [-0.4, -0.2) is 10.9 Å². The number of carbonyl (C=O) groups is 1. The van der Waals surface area contributed by atoms with Crippen molar-refractivity contribution < 1.29 is 9.90 Å². The molecule has 4 atom stereocenters. The van der Waals surface area contributed by atoms with E-state index in [1.807, 2.05) is 30.3 Å². The molecule has 0 amide bonds. The first-order valence-corrected chi connectivity index (χ1v) is 6.91. The number of hydrogen-bond donors (Lipinski definition) is 1. The molecule has 96 valence electrons. The Morgan fingerprint density at radius 3 is 2.72 bits per heavy atom. The number of Topliss-reactive ketones (excluding diaryl/α,β-unsaturated/α-hetero) is 1. The van der Waals surface area contributed by atoms with Crippen molar-refractivity contribution in [2.75, 3.05) is 0 Å². The van der Waals surface area contributed by atoms with Crippen molar-refractivity contribution in [2.24, 2.45) is 17.3 Å². The van der Waals surface area contributed by atoms with Gasteiger partial charge < -0.3 is 5.11 Å². The van der Waals surface area contributed by atoms with Crippen molar-refractivity contribution in [1.82, 2.24) is 0 Å². The van der Waals surface area contributed by atoms with Gasteiger partial charge in [0.2, 0.25) is 0 Å². The Kier molecular flexibility index (Phi) is 2.78.